The lowest BCUT2D eigenvalue weighted by Crippen LogP contribution is -2.45. The number of hydrogen-bond acceptors (Lipinski definition) is 5. The van der Waals surface area contributed by atoms with Crippen molar-refractivity contribution in [3.63, 3.8) is 0 Å². The van der Waals surface area contributed by atoms with E-state index < -0.39 is 12.1 Å². The molecule has 446 valence electrons. The molecule has 0 heterocycles. The highest BCUT2D eigenvalue weighted by atomic mass is 16.5. The lowest BCUT2D eigenvalue weighted by molar-refractivity contribution is -0.143. The van der Waals surface area contributed by atoms with Crippen LogP contribution in [0.25, 0.3) is 0 Å². The molecule has 0 aromatic rings. The Kier molecular flexibility index (Phi) is 63.9. The molecule has 0 bridgehead atoms. The van der Waals surface area contributed by atoms with E-state index >= 15 is 0 Å². The van der Waals surface area contributed by atoms with Crippen molar-refractivity contribution in [2.24, 2.45) is 0 Å². The highest BCUT2D eigenvalue weighted by molar-refractivity contribution is 5.76. The number of aliphatic hydroxyl groups excluding tert-OH is 2. The molecule has 2 unspecified atom stereocenters. The zero-order valence-corrected chi connectivity index (χ0v) is 51.1. The molecule has 0 rings (SSSR count). The van der Waals surface area contributed by atoms with Crippen LogP contribution in [0.15, 0.2) is 12.2 Å². The number of carbonyl (C=O) groups is 2. The monoisotopic (exact) mass is 1060 g/mol. The molecule has 0 aliphatic carbocycles. The van der Waals surface area contributed by atoms with Crippen molar-refractivity contribution in [1.29, 1.82) is 0 Å². The first-order valence-corrected chi connectivity index (χ1v) is 34.5. The molecular weight excluding hydrogens is 923 g/mol. The van der Waals surface area contributed by atoms with Crippen molar-refractivity contribution in [3.05, 3.63) is 12.2 Å². The van der Waals surface area contributed by atoms with Crippen molar-refractivity contribution in [3.8, 4) is 0 Å². The molecule has 2 atom stereocenters. The van der Waals surface area contributed by atoms with Crippen LogP contribution in [0, 0.1) is 0 Å². The Hall–Kier alpha value is -1.40. The van der Waals surface area contributed by atoms with E-state index in [1.54, 1.807) is 6.08 Å². The summed E-state index contributed by atoms with van der Waals surface area (Å²) < 4.78 is 5.50. The van der Waals surface area contributed by atoms with Crippen molar-refractivity contribution in [1.82, 2.24) is 5.32 Å². The van der Waals surface area contributed by atoms with Gasteiger partial charge in [0.2, 0.25) is 5.91 Å². The SMILES string of the molecule is CCCCCCCCCCCCCC/C=C/C(O)C(CO)NC(=O)CCCCCCCCCCCCCCCCCCCCCCCCCCCCCCCCOC(=O)CCCCCCCCCCCCCCCC. The summed E-state index contributed by atoms with van der Waals surface area (Å²) >= 11 is 0. The van der Waals surface area contributed by atoms with Gasteiger partial charge in [0.05, 0.1) is 25.4 Å². The first kappa shape index (κ1) is 73.6. The Balaban J connectivity index is 3.32. The molecule has 6 heteroatoms. The molecule has 0 fully saturated rings. The molecular formula is C69H135NO5. The van der Waals surface area contributed by atoms with E-state index in [4.69, 9.17) is 4.74 Å². The van der Waals surface area contributed by atoms with E-state index in [-0.39, 0.29) is 18.5 Å². The number of esters is 1. The highest BCUT2D eigenvalue weighted by Gasteiger charge is 2.18. The maximum Gasteiger partial charge on any atom is 0.305 e. The van der Waals surface area contributed by atoms with E-state index in [1.807, 2.05) is 6.08 Å². The number of nitrogens with one attached hydrogen (secondary N) is 1. The molecule has 1 amide bonds. The van der Waals surface area contributed by atoms with Gasteiger partial charge in [0, 0.05) is 12.8 Å². The fraction of sp³-hybridized carbons (Fsp3) is 0.942. The van der Waals surface area contributed by atoms with Gasteiger partial charge in [-0.3, -0.25) is 9.59 Å². The second-order valence-corrected chi connectivity index (χ2v) is 23.9. The van der Waals surface area contributed by atoms with Crippen LogP contribution in [-0.4, -0.2) is 47.4 Å². The summed E-state index contributed by atoms with van der Waals surface area (Å²) in [5, 5.41) is 23.1. The standard InChI is InChI=1S/C69H135NO5/c1-3-5-7-9-11-13-15-17-37-41-45-49-53-57-61-67(72)66(65-71)70-68(73)62-58-54-50-46-42-38-35-33-31-29-27-25-23-21-19-20-22-24-26-28-30-32-34-36-40-44-48-52-56-60-64-75-69(74)63-59-55-51-47-43-39-18-16-14-12-10-8-6-4-2/h57,61,66-67,71-72H,3-56,58-60,62-65H2,1-2H3,(H,70,73)/b61-57+. The molecule has 75 heavy (non-hydrogen) atoms. The Morgan fingerprint density at radius 2 is 0.613 bits per heavy atom. The number of unbranched alkanes of at least 4 members (excludes halogenated alkanes) is 54. The number of rotatable bonds is 65. The van der Waals surface area contributed by atoms with Crippen LogP contribution < -0.4 is 5.32 Å². The second kappa shape index (κ2) is 65.1. The number of allylic oxidation sites excluding steroid dienone is 1. The Labute approximate surface area is 469 Å². The molecule has 0 aromatic carbocycles. The summed E-state index contributed by atoms with van der Waals surface area (Å²) in [6.45, 7) is 4.94. The summed E-state index contributed by atoms with van der Waals surface area (Å²) in [6.07, 6.45) is 80.1. The molecule has 0 aliphatic rings. The van der Waals surface area contributed by atoms with Gasteiger partial charge in [-0.05, 0) is 32.1 Å². The van der Waals surface area contributed by atoms with Gasteiger partial charge >= 0.3 is 5.97 Å². The fourth-order valence-electron chi connectivity index (χ4n) is 11.1. The minimum absolute atomic E-state index is 0.0228. The topological polar surface area (TPSA) is 95.9 Å². The Bertz CT molecular complexity index is 1130. The number of carbonyl (C=O) groups excluding carboxylic acids is 2. The summed E-state index contributed by atoms with van der Waals surface area (Å²) in [4.78, 5) is 24.5. The van der Waals surface area contributed by atoms with Crippen LogP contribution in [0.5, 0.6) is 0 Å². The third kappa shape index (κ3) is 61.7. The predicted octanol–water partition coefficient (Wildman–Crippen LogP) is 22.0. The number of hydrogen-bond donors (Lipinski definition) is 3. The van der Waals surface area contributed by atoms with Gasteiger partial charge in [0.1, 0.15) is 0 Å². The third-order valence-corrected chi connectivity index (χ3v) is 16.3. The van der Waals surface area contributed by atoms with Crippen molar-refractivity contribution in [2.45, 2.75) is 405 Å². The average molecular weight is 1060 g/mol. The van der Waals surface area contributed by atoms with Gasteiger partial charge in [-0.2, -0.15) is 0 Å². The number of ether oxygens (including phenoxy) is 1. The van der Waals surface area contributed by atoms with Gasteiger partial charge in [-0.15, -0.1) is 0 Å². The van der Waals surface area contributed by atoms with Crippen LogP contribution in [0.3, 0.4) is 0 Å². The van der Waals surface area contributed by atoms with Gasteiger partial charge < -0.3 is 20.3 Å². The van der Waals surface area contributed by atoms with Gasteiger partial charge in [-0.25, -0.2) is 0 Å². The minimum atomic E-state index is -0.840. The summed E-state index contributed by atoms with van der Waals surface area (Å²) in [5.41, 5.74) is 0. The molecule has 0 spiro atoms. The molecule has 0 aromatic heterocycles. The number of amides is 1. The maximum atomic E-state index is 12.5. The van der Waals surface area contributed by atoms with Crippen molar-refractivity contribution >= 4 is 11.9 Å². The smallest absolute Gasteiger partial charge is 0.305 e. The van der Waals surface area contributed by atoms with Crippen molar-refractivity contribution < 1.29 is 24.5 Å². The van der Waals surface area contributed by atoms with Crippen LogP contribution in [0.1, 0.15) is 393 Å². The van der Waals surface area contributed by atoms with Crippen LogP contribution >= 0.6 is 0 Å². The lowest BCUT2D eigenvalue weighted by atomic mass is 10.0. The molecule has 0 saturated carbocycles. The first-order valence-electron chi connectivity index (χ1n) is 34.5. The minimum Gasteiger partial charge on any atom is -0.466 e. The fourth-order valence-corrected chi connectivity index (χ4v) is 11.1. The summed E-state index contributed by atoms with van der Waals surface area (Å²) in [5.74, 6) is -0.0389. The maximum absolute atomic E-state index is 12.5. The first-order chi connectivity index (χ1) is 37.0. The van der Waals surface area contributed by atoms with Gasteiger partial charge in [-0.1, -0.05) is 360 Å². The Morgan fingerprint density at radius 1 is 0.360 bits per heavy atom. The van der Waals surface area contributed by atoms with Gasteiger partial charge in [0.25, 0.3) is 0 Å². The molecule has 0 saturated heterocycles. The predicted molar refractivity (Wildman–Crippen MR) is 329 cm³/mol. The van der Waals surface area contributed by atoms with E-state index in [0.29, 0.717) is 19.4 Å². The quantitative estimate of drug-likeness (QED) is 0.0320. The van der Waals surface area contributed by atoms with Crippen molar-refractivity contribution in [2.75, 3.05) is 13.2 Å². The van der Waals surface area contributed by atoms with E-state index in [9.17, 15) is 19.8 Å². The molecule has 3 N–H and O–H groups in total. The Morgan fingerprint density at radius 3 is 0.907 bits per heavy atom. The van der Waals surface area contributed by atoms with Crippen LogP contribution in [0.4, 0.5) is 0 Å². The van der Waals surface area contributed by atoms with E-state index in [2.05, 4.69) is 19.2 Å². The summed E-state index contributed by atoms with van der Waals surface area (Å²) in [7, 11) is 0. The second-order valence-electron chi connectivity index (χ2n) is 23.9. The van der Waals surface area contributed by atoms with E-state index in [1.165, 1.54) is 327 Å². The molecule has 0 aliphatic heterocycles. The zero-order chi connectivity index (χ0) is 54.3. The zero-order valence-electron chi connectivity index (χ0n) is 51.1. The van der Waals surface area contributed by atoms with Gasteiger partial charge in [0.15, 0.2) is 0 Å². The summed E-state index contributed by atoms with van der Waals surface area (Å²) in [6, 6.07) is -0.623. The molecule has 6 nitrogen and oxygen atoms in total. The number of aliphatic hydroxyl groups is 2. The highest BCUT2D eigenvalue weighted by Crippen LogP contribution is 2.19. The normalized spacial score (nSPS) is 12.5. The largest absolute Gasteiger partial charge is 0.466 e. The van der Waals surface area contributed by atoms with E-state index in [0.717, 1.165) is 38.5 Å². The van der Waals surface area contributed by atoms with Crippen LogP contribution in [0.2, 0.25) is 0 Å². The van der Waals surface area contributed by atoms with Crippen LogP contribution in [-0.2, 0) is 14.3 Å². The average Bonchev–Trinajstić information content (AvgIpc) is 3.41. The third-order valence-electron chi connectivity index (χ3n) is 16.3. The molecule has 0 radical (unpaired) electrons. The lowest BCUT2D eigenvalue weighted by Gasteiger charge is -2.20.